The first-order valence-electron chi connectivity index (χ1n) is 7.10. The lowest BCUT2D eigenvalue weighted by molar-refractivity contribution is -0.120. The number of rotatable bonds is 6. The third-order valence-electron chi connectivity index (χ3n) is 3.36. The second-order valence-corrected chi connectivity index (χ2v) is 5.05. The van der Waals surface area contributed by atoms with Crippen molar-refractivity contribution in [1.29, 1.82) is 0 Å². The molecule has 1 atom stereocenters. The van der Waals surface area contributed by atoms with Gasteiger partial charge in [-0.25, -0.2) is 4.39 Å². The molecule has 1 unspecified atom stereocenters. The molecule has 4 nitrogen and oxygen atoms in total. The molecule has 5 heteroatoms. The third kappa shape index (κ3) is 5.27. The second kappa shape index (κ2) is 7.97. The number of anilines is 1. The van der Waals surface area contributed by atoms with Gasteiger partial charge in [0.25, 0.3) is 0 Å². The molecule has 2 N–H and O–H groups in total. The normalized spacial score (nSPS) is 18.8. The van der Waals surface area contributed by atoms with Gasteiger partial charge < -0.3 is 15.4 Å². The number of amides is 1. The predicted molar refractivity (Wildman–Crippen MR) is 76.1 cm³/mol. The molecule has 0 bridgehead atoms. The molecule has 0 radical (unpaired) electrons. The molecule has 0 aliphatic carbocycles. The zero-order valence-electron chi connectivity index (χ0n) is 11.5. The van der Waals surface area contributed by atoms with Gasteiger partial charge >= 0.3 is 0 Å². The summed E-state index contributed by atoms with van der Waals surface area (Å²) in [4.78, 5) is 11.6. The fourth-order valence-electron chi connectivity index (χ4n) is 2.32. The van der Waals surface area contributed by atoms with Crippen LogP contribution in [-0.2, 0) is 9.53 Å². The van der Waals surface area contributed by atoms with Crippen LogP contribution < -0.4 is 10.6 Å². The minimum Gasteiger partial charge on any atom is -0.372 e. The number of hydrogen-bond donors (Lipinski definition) is 2. The monoisotopic (exact) mass is 280 g/mol. The molecule has 2 rings (SSSR count). The topological polar surface area (TPSA) is 50.4 Å². The number of hydrogen-bond acceptors (Lipinski definition) is 3. The Bertz CT molecular complexity index is 434. The summed E-state index contributed by atoms with van der Waals surface area (Å²) in [6.45, 7) is 1.64. The van der Waals surface area contributed by atoms with Crippen molar-refractivity contribution < 1.29 is 13.9 Å². The Labute approximate surface area is 118 Å². The molecule has 1 fully saturated rings. The van der Waals surface area contributed by atoms with Crippen LogP contribution in [0.15, 0.2) is 24.3 Å². The summed E-state index contributed by atoms with van der Waals surface area (Å²) < 4.78 is 18.3. The highest BCUT2D eigenvalue weighted by atomic mass is 19.1. The molecular formula is C15H21FN2O2. The number of carbonyl (C=O) groups excluding carboxylic acids is 1. The Kier molecular flexibility index (Phi) is 5.95. The van der Waals surface area contributed by atoms with Gasteiger partial charge in [0.2, 0.25) is 5.91 Å². The van der Waals surface area contributed by atoms with Crippen molar-refractivity contribution in [3.8, 4) is 0 Å². The number of piperidine rings is 1. The van der Waals surface area contributed by atoms with E-state index < -0.39 is 0 Å². The van der Waals surface area contributed by atoms with Gasteiger partial charge in [-0.05, 0) is 44.0 Å². The van der Waals surface area contributed by atoms with Gasteiger partial charge in [-0.15, -0.1) is 0 Å². The van der Waals surface area contributed by atoms with Crippen LogP contribution in [0.5, 0.6) is 0 Å². The van der Waals surface area contributed by atoms with Crippen LogP contribution in [0.25, 0.3) is 0 Å². The lowest BCUT2D eigenvalue weighted by Crippen LogP contribution is -2.35. The predicted octanol–water partition coefficient (Wildman–Crippen LogP) is 2.31. The summed E-state index contributed by atoms with van der Waals surface area (Å²) in [5.41, 5.74) is 0.451. The van der Waals surface area contributed by atoms with Crippen molar-refractivity contribution in [1.82, 2.24) is 5.32 Å². The molecule has 110 valence electrons. The Morgan fingerprint density at radius 2 is 2.35 bits per heavy atom. The Balaban J connectivity index is 1.60. The van der Waals surface area contributed by atoms with Crippen molar-refractivity contribution >= 4 is 11.6 Å². The third-order valence-corrected chi connectivity index (χ3v) is 3.36. The summed E-state index contributed by atoms with van der Waals surface area (Å²) in [5.74, 6) is -0.626. The molecule has 1 saturated heterocycles. The van der Waals surface area contributed by atoms with Crippen LogP contribution in [-0.4, -0.2) is 31.7 Å². The average Bonchev–Trinajstić information content (AvgIpc) is 2.45. The molecule has 0 spiro atoms. The summed E-state index contributed by atoms with van der Waals surface area (Å²) in [7, 11) is 0. The van der Waals surface area contributed by atoms with Gasteiger partial charge in [0.15, 0.2) is 0 Å². The molecule has 20 heavy (non-hydrogen) atoms. The SMILES string of the molecule is O=C(COCCC1CCCCN1)Nc1cccc(F)c1. The van der Waals surface area contributed by atoms with Crippen LogP contribution in [0.1, 0.15) is 25.7 Å². The number of ether oxygens (including phenoxy) is 1. The van der Waals surface area contributed by atoms with Gasteiger partial charge in [0.05, 0.1) is 0 Å². The van der Waals surface area contributed by atoms with Gasteiger partial charge in [0.1, 0.15) is 12.4 Å². The summed E-state index contributed by atoms with van der Waals surface area (Å²) in [6.07, 6.45) is 4.61. The van der Waals surface area contributed by atoms with Crippen LogP contribution in [0.3, 0.4) is 0 Å². The van der Waals surface area contributed by atoms with Crippen molar-refractivity contribution in [3.05, 3.63) is 30.1 Å². The zero-order chi connectivity index (χ0) is 14.2. The fourth-order valence-corrected chi connectivity index (χ4v) is 2.32. The second-order valence-electron chi connectivity index (χ2n) is 5.05. The van der Waals surface area contributed by atoms with Crippen LogP contribution in [0, 0.1) is 5.82 Å². The fraction of sp³-hybridized carbons (Fsp3) is 0.533. The average molecular weight is 280 g/mol. The van der Waals surface area contributed by atoms with E-state index in [-0.39, 0.29) is 18.3 Å². The standard InChI is InChI=1S/C15H21FN2O2/c16-12-4-3-6-14(10-12)18-15(19)11-20-9-7-13-5-1-2-8-17-13/h3-4,6,10,13,17H,1-2,5,7-9,11H2,(H,18,19). The lowest BCUT2D eigenvalue weighted by atomic mass is 10.0. The number of carbonyl (C=O) groups is 1. The summed E-state index contributed by atoms with van der Waals surface area (Å²) >= 11 is 0. The van der Waals surface area contributed by atoms with Gasteiger partial charge in [-0.2, -0.15) is 0 Å². The zero-order valence-corrected chi connectivity index (χ0v) is 11.5. The maximum absolute atomic E-state index is 12.9. The highest BCUT2D eigenvalue weighted by Crippen LogP contribution is 2.10. The molecule has 1 heterocycles. The van der Waals surface area contributed by atoms with E-state index >= 15 is 0 Å². The van der Waals surface area contributed by atoms with E-state index in [1.165, 1.54) is 31.4 Å². The highest BCUT2D eigenvalue weighted by molar-refractivity contribution is 5.91. The van der Waals surface area contributed by atoms with E-state index in [0.717, 1.165) is 13.0 Å². The minimum absolute atomic E-state index is 0.00321. The van der Waals surface area contributed by atoms with E-state index in [0.29, 0.717) is 18.3 Å². The highest BCUT2D eigenvalue weighted by Gasteiger charge is 2.12. The lowest BCUT2D eigenvalue weighted by Gasteiger charge is -2.23. The van der Waals surface area contributed by atoms with Crippen molar-refractivity contribution in [2.75, 3.05) is 25.1 Å². The molecule has 1 aromatic carbocycles. The smallest absolute Gasteiger partial charge is 0.250 e. The molecule has 1 aliphatic rings. The first-order chi connectivity index (χ1) is 9.74. The van der Waals surface area contributed by atoms with Crippen LogP contribution in [0.4, 0.5) is 10.1 Å². The quantitative estimate of drug-likeness (QED) is 0.786. The van der Waals surface area contributed by atoms with Crippen LogP contribution in [0.2, 0.25) is 0 Å². The van der Waals surface area contributed by atoms with E-state index in [2.05, 4.69) is 10.6 Å². The summed E-state index contributed by atoms with van der Waals surface area (Å²) in [6, 6.07) is 6.33. The molecule has 0 aromatic heterocycles. The Morgan fingerprint density at radius 3 is 3.10 bits per heavy atom. The Hall–Kier alpha value is -1.46. The summed E-state index contributed by atoms with van der Waals surface area (Å²) in [5, 5.41) is 6.03. The first-order valence-corrected chi connectivity index (χ1v) is 7.10. The van der Waals surface area contributed by atoms with Crippen molar-refractivity contribution in [2.45, 2.75) is 31.7 Å². The van der Waals surface area contributed by atoms with Crippen molar-refractivity contribution in [3.63, 3.8) is 0 Å². The number of nitrogens with one attached hydrogen (secondary N) is 2. The number of halogens is 1. The van der Waals surface area contributed by atoms with Crippen molar-refractivity contribution in [2.24, 2.45) is 0 Å². The maximum Gasteiger partial charge on any atom is 0.250 e. The largest absolute Gasteiger partial charge is 0.372 e. The van der Waals surface area contributed by atoms with E-state index in [4.69, 9.17) is 4.74 Å². The Morgan fingerprint density at radius 1 is 1.45 bits per heavy atom. The van der Waals surface area contributed by atoms with Gasteiger partial charge in [0, 0.05) is 18.3 Å². The maximum atomic E-state index is 12.9. The molecular weight excluding hydrogens is 259 g/mol. The van der Waals surface area contributed by atoms with Gasteiger partial charge in [-0.1, -0.05) is 12.5 Å². The molecule has 1 aromatic rings. The van der Waals surface area contributed by atoms with Crippen LogP contribution >= 0.6 is 0 Å². The number of benzene rings is 1. The van der Waals surface area contributed by atoms with Gasteiger partial charge in [-0.3, -0.25) is 4.79 Å². The molecule has 0 saturated carbocycles. The molecule has 1 amide bonds. The van der Waals surface area contributed by atoms with E-state index in [1.807, 2.05) is 0 Å². The first kappa shape index (κ1) is 14.9. The molecule has 1 aliphatic heterocycles. The van der Waals surface area contributed by atoms with E-state index in [9.17, 15) is 9.18 Å². The minimum atomic E-state index is -0.368. The van der Waals surface area contributed by atoms with E-state index in [1.54, 1.807) is 12.1 Å².